The van der Waals surface area contributed by atoms with E-state index in [9.17, 15) is 14.4 Å². The number of carboxylic acid groups (broad SMARTS) is 1. The lowest BCUT2D eigenvalue weighted by Gasteiger charge is -2.17. The third-order valence-electron chi connectivity index (χ3n) is 2.19. The summed E-state index contributed by atoms with van der Waals surface area (Å²) in [5, 5.41) is 8.36. The van der Waals surface area contributed by atoms with Crippen LogP contribution < -0.4 is 0 Å². The molecule has 1 aliphatic rings. The van der Waals surface area contributed by atoms with Gasteiger partial charge in [0, 0.05) is 6.08 Å². The quantitative estimate of drug-likeness (QED) is 0.617. The molecule has 1 saturated carbocycles. The van der Waals surface area contributed by atoms with Crippen LogP contribution in [0.15, 0.2) is 12.7 Å². The van der Waals surface area contributed by atoms with E-state index in [0.29, 0.717) is 6.42 Å². The number of rotatable bonds is 3. The normalized spacial score (nSPS) is 20.4. The van der Waals surface area contributed by atoms with E-state index in [4.69, 9.17) is 9.84 Å². The minimum absolute atomic E-state index is 0.373. The topological polar surface area (TPSA) is 89.9 Å². The van der Waals surface area contributed by atoms with Crippen molar-refractivity contribution in [2.45, 2.75) is 32.8 Å². The van der Waals surface area contributed by atoms with Gasteiger partial charge in [0.05, 0.1) is 18.9 Å². The smallest absolute Gasteiger partial charge is 0.330 e. The monoisotopic (exact) mass is 272 g/mol. The summed E-state index contributed by atoms with van der Waals surface area (Å²) < 4.78 is 9.18. The molecule has 0 radical (unpaired) electrons. The van der Waals surface area contributed by atoms with Gasteiger partial charge >= 0.3 is 17.9 Å². The van der Waals surface area contributed by atoms with E-state index < -0.39 is 23.5 Å². The molecule has 0 heterocycles. The Morgan fingerprint density at radius 1 is 1.26 bits per heavy atom. The van der Waals surface area contributed by atoms with Crippen molar-refractivity contribution in [1.82, 2.24) is 0 Å². The van der Waals surface area contributed by atoms with Crippen LogP contribution in [-0.4, -0.2) is 35.7 Å². The first-order chi connectivity index (χ1) is 8.62. The summed E-state index contributed by atoms with van der Waals surface area (Å²) in [5.41, 5.74) is -0.398. The molecule has 6 nitrogen and oxygen atoms in total. The van der Waals surface area contributed by atoms with Crippen LogP contribution >= 0.6 is 0 Å². The number of ether oxygens (including phenoxy) is 2. The Morgan fingerprint density at radius 3 is 2.00 bits per heavy atom. The molecule has 2 atom stereocenters. The third-order valence-corrected chi connectivity index (χ3v) is 2.19. The first kappa shape index (κ1) is 17.2. The Hall–Kier alpha value is -1.85. The van der Waals surface area contributed by atoms with Crippen LogP contribution in [-0.2, 0) is 23.9 Å². The SMILES string of the molecule is C=CC(=O)OC(C)(C)C.COC(=O)C1CC1C(=O)O. The van der Waals surface area contributed by atoms with Gasteiger partial charge in [-0.3, -0.25) is 9.59 Å². The van der Waals surface area contributed by atoms with E-state index in [2.05, 4.69) is 11.3 Å². The Bertz CT molecular complexity index is 366. The van der Waals surface area contributed by atoms with E-state index in [1.54, 1.807) is 0 Å². The van der Waals surface area contributed by atoms with Gasteiger partial charge in [0.25, 0.3) is 0 Å². The zero-order valence-corrected chi connectivity index (χ0v) is 11.6. The summed E-state index contributed by atoms with van der Waals surface area (Å²) >= 11 is 0. The highest BCUT2D eigenvalue weighted by molar-refractivity contribution is 5.86. The standard InChI is InChI=1S/C7H12O2.C6H8O4/c1-5-6(8)9-7(2,3)4;1-10-6(9)4-2-3(4)5(7)8/h5H,1H2,2-4H3;3-4H,2H2,1H3,(H,7,8). The molecule has 19 heavy (non-hydrogen) atoms. The zero-order valence-electron chi connectivity index (χ0n) is 11.6. The highest BCUT2D eigenvalue weighted by atomic mass is 16.6. The van der Waals surface area contributed by atoms with Crippen molar-refractivity contribution < 1.29 is 29.0 Å². The molecule has 0 aliphatic heterocycles. The van der Waals surface area contributed by atoms with Gasteiger partial charge in [-0.05, 0) is 27.2 Å². The third kappa shape index (κ3) is 7.23. The molecule has 0 aromatic heterocycles. The van der Waals surface area contributed by atoms with E-state index in [0.717, 1.165) is 6.08 Å². The van der Waals surface area contributed by atoms with Crippen LogP contribution in [0.3, 0.4) is 0 Å². The molecule has 0 saturated heterocycles. The molecular weight excluding hydrogens is 252 g/mol. The second kappa shape index (κ2) is 6.92. The Kier molecular flexibility index (Phi) is 6.24. The van der Waals surface area contributed by atoms with Gasteiger partial charge in [0.1, 0.15) is 5.60 Å². The average molecular weight is 272 g/mol. The molecule has 0 amide bonds. The molecule has 0 aromatic rings. The average Bonchev–Trinajstić information content (AvgIpc) is 3.06. The van der Waals surface area contributed by atoms with Gasteiger partial charge in [0.2, 0.25) is 0 Å². The van der Waals surface area contributed by atoms with E-state index in [1.807, 2.05) is 20.8 Å². The predicted octanol–water partition coefficient (Wildman–Crippen LogP) is 1.39. The highest BCUT2D eigenvalue weighted by Gasteiger charge is 2.49. The summed E-state index contributed by atoms with van der Waals surface area (Å²) in [4.78, 5) is 31.3. The molecule has 6 heteroatoms. The summed E-state index contributed by atoms with van der Waals surface area (Å²) in [7, 11) is 1.26. The lowest BCUT2D eigenvalue weighted by Crippen LogP contribution is -2.22. The Balaban J connectivity index is 0.000000344. The second-order valence-electron chi connectivity index (χ2n) is 5.05. The molecule has 1 rings (SSSR count). The van der Waals surface area contributed by atoms with Crippen LogP contribution in [0.1, 0.15) is 27.2 Å². The van der Waals surface area contributed by atoms with Crippen molar-refractivity contribution in [3.05, 3.63) is 12.7 Å². The molecule has 1 N–H and O–H groups in total. The number of hydrogen-bond donors (Lipinski definition) is 1. The van der Waals surface area contributed by atoms with E-state index in [-0.39, 0.29) is 11.9 Å². The van der Waals surface area contributed by atoms with Gasteiger partial charge in [-0.2, -0.15) is 0 Å². The summed E-state index contributed by atoms with van der Waals surface area (Å²) in [6.45, 7) is 8.71. The highest BCUT2D eigenvalue weighted by Crippen LogP contribution is 2.39. The number of methoxy groups -OCH3 is 1. The molecule has 108 valence electrons. The van der Waals surface area contributed by atoms with Crippen LogP contribution in [0.4, 0.5) is 0 Å². The molecule has 2 unspecified atom stereocenters. The fourth-order valence-corrected chi connectivity index (χ4v) is 1.22. The largest absolute Gasteiger partial charge is 0.481 e. The van der Waals surface area contributed by atoms with Crippen molar-refractivity contribution in [2.75, 3.05) is 7.11 Å². The number of hydrogen-bond acceptors (Lipinski definition) is 5. The van der Waals surface area contributed by atoms with E-state index in [1.165, 1.54) is 7.11 Å². The van der Waals surface area contributed by atoms with Gasteiger partial charge in [0.15, 0.2) is 0 Å². The number of carboxylic acids is 1. The van der Waals surface area contributed by atoms with Crippen LogP contribution in [0, 0.1) is 11.8 Å². The number of aliphatic carboxylic acids is 1. The summed E-state index contributed by atoms with van der Waals surface area (Å²) in [6, 6.07) is 0. The minimum Gasteiger partial charge on any atom is -0.481 e. The van der Waals surface area contributed by atoms with Gasteiger partial charge < -0.3 is 14.6 Å². The van der Waals surface area contributed by atoms with Crippen molar-refractivity contribution in [2.24, 2.45) is 11.8 Å². The molecule has 0 aromatic carbocycles. The summed E-state index contributed by atoms with van der Waals surface area (Å²) in [6.07, 6.45) is 1.59. The van der Waals surface area contributed by atoms with E-state index >= 15 is 0 Å². The number of carbonyl (C=O) groups excluding carboxylic acids is 2. The zero-order chi connectivity index (χ0) is 15.2. The van der Waals surface area contributed by atoms with Crippen molar-refractivity contribution in [1.29, 1.82) is 0 Å². The Morgan fingerprint density at radius 2 is 1.79 bits per heavy atom. The first-order valence-electron chi connectivity index (χ1n) is 5.78. The first-order valence-corrected chi connectivity index (χ1v) is 5.78. The minimum atomic E-state index is -0.907. The summed E-state index contributed by atoms with van der Waals surface area (Å²) in [5.74, 6) is -2.57. The lowest BCUT2D eigenvalue weighted by molar-refractivity contribution is -0.148. The maximum absolute atomic E-state index is 10.6. The number of carbonyl (C=O) groups is 3. The fraction of sp³-hybridized carbons (Fsp3) is 0.615. The molecular formula is C13H20O6. The molecule has 0 bridgehead atoms. The molecule has 1 fully saturated rings. The van der Waals surface area contributed by atoms with Crippen LogP contribution in [0.25, 0.3) is 0 Å². The lowest BCUT2D eigenvalue weighted by atomic mass is 10.2. The van der Waals surface area contributed by atoms with Gasteiger partial charge in [-0.25, -0.2) is 4.79 Å². The predicted molar refractivity (Wildman–Crippen MR) is 67.3 cm³/mol. The Labute approximate surface area is 112 Å². The van der Waals surface area contributed by atoms with Crippen LogP contribution in [0.5, 0.6) is 0 Å². The molecule has 0 spiro atoms. The van der Waals surface area contributed by atoms with Crippen LogP contribution in [0.2, 0.25) is 0 Å². The maximum atomic E-state index is 10.6. The second-order valence-corrected chi connectivity index (χ2v) is 5.05. The fourth-order valence-electron chi connectivity index (χ4n) is 1.22. The van der Waals surface area contributed by atoms with Gasteiger partial charge in [-0.1, -0.05) is 6.58 Å². The maximum Gasteiger partial charge on any atom is 0.330 e. The van der Waals surface area contributed by atoms with Crippen molar-refractivity contribution >= 4 is 17.9 Å². The van der Waals surface area contributed by atoms with Gasteiger partial charge in [-0.15, -0.1) is 0 Å². The van der Waals surface area contributed by atoms with Crippen molar-refractivity contribution in [3.8, 4) is 0 Å². The number of esters is 2. The van der Waals surface area contributed by atoms with Crippen molar-refractivity contribution in [3.63, 3.8) is 0 Å². The molecule has 1 aliphatic carbocycles.